The number of hydrogen-bond acceptors (Lipinski definition) is 5. The van der Waals surface area contributed by atoms with Crippen LogP contribution in [0.3, 0.4) is 0 Å². The van der Waals surface area contributed by atoms with Crippen molar-refractivity contribution < 1.29 is 9.53 Å². The van der Waals surface area contributed by atoms with Gasteiger partial charge in [-0.2, -0.15) is 0 Å². The molecule has 3 rings (SSSR count). The molecule has 0 radical (unpaired) electrons. The van der Waals surface area contributed by atoms with Gasteiger partial charge in [-0.05, 0) is 50.2 Å². The van der Waals surface area contributed by atoms with Crippen LogP contribution >= 0.6 is 0 Å². The molecule has 27 heavy (non-hydrogen) atoms. The highest BCUT2D eigenvalue weighted by Crippen LogP contribution is 2.23. The molecule has 2 heterocycles. The van der Waals surface area contributed by atoms with E-state index in [2.05, 4.69) is 4.90 Å². The molecule has 1 aliphatic rings. The highest BCUT2D eigenvalue weighted by atomic mass is 16.5. The Kier molecular flexibility index (Phi) is 5.60. The Balaban J connectivity index is 1.63. The van der Waals surface area contributed by atoms with Gasteiger partial charge in [0, 0.05) is 43.9 Å². The highest BCUT2D eigenvalue weighted by Gasteiger charge is 2.26. The number of hydrogen-bond donors (Lipinski definition) is 0. The molecule has 0 unspecified atom stereocenters. The Bertz CT molecular complexity index is 935. The fourth-order valence-corrected chi connectivity index (χ4v) is 3.50. The summed E-state index contributed by atoms with van der Waals surface area (Å²) in [6, 6.07) is 8.74. The summed E-state index contributed by atoms with van der Waals surface area (Å²) in [4.78, 5) is 38.8. The summed E-state index contributed by atoms with van der Waals surface area (Å²) in [6.45, 7) is 2.05. The Morgan fingerprint density at radius 3 is 2.30 bits per heavy atom. The third-order valence-electron chi connectivity index (χ3n) is 5.34. The number of nitrogens with zero attached hydrogens (tertiary/aromatic N) is 3. The van der Waals surface area contributed by atoms with E-state index >= 15 is 0 Å². The van der Waals surface area contributed by atoms with Crippen molar-refractivity contribution in [3.63, 3.8) is 0 Å². The van der Waals surface area contributed by atoms with Gasteiger partial charge in [0.2, 0.25) is 0 Å². The van der Waals surface area contributed by atoms with Crippen molar-refractivity contribution in [3.05, 3.63) is 62.4 Å². The maximum Gasteiger partial charge on any atom is 0.330 e. The minimum absolute atomic E-state index is 0.00195. The number of ether oxygens (including phenoxy) is 1. The SMILES string of the molecule is COc1ccc(C(=O)C2CCN(Cc3cc(=O)n(C)c(=O)n3C)CC2)cc1. The van der Waals surface area contributed by atoms with Gasteiger partial charge < -0.3 is 4.74 Å². The largest absolute Gasteiger partial charge is 0.497 e. The fourth-order valence-electron chi connectivity index (χ4n) is 3.50. The molecule has 0 aliphatic carbocycles. The van der Waals surface area contributed by atoms with Crippen LogP contribution in [0.4, 0.5) is 0 Å². The lowest BCUT2D eigenvalue weighted by atomic mass is 9.89. The summed E-state index contributed by atoms with van der Waals surface area (Å²) in [5, 5.41) is 0. The summed E-state index contributed by atoms with van der Waals surface area (Å²) in [7, 11) is 4.76. The average Bonchev–Trinajstić information content (AvgIpc) is 2.70. The second kappa shape index (κ2) is 7.92. The van der Waals surface area contributed by atoms with E-state index in [0.29, 0.717) is 17.8 Å². The maximum absolute atomic E-state index is 12.7. The number of aromatic nitrogens is 2. The monoisotopic (exact) mass is 371 g/mol. The maximum atomic E-state index is 12.7. The van der Waals surface area contributed by atoms with Gasteiger partial charge in [0.1, 0.15) is 5.75 Å². The van der Waals surface area contributed by atoms with Gasteiger partial charge in [-0.15, -0.1) is 0 Å². The molecular formula is C20H25N3O4. The van der Waals surface area contributed by atoms with Crippen LogP contribution in [0.5, 0.6) is 5.75 Å². The normalized spacial score (nSPS) is 15.7. The second-order valence-electron chi connectivity index (χ2n) is 7.02. The molecule has 7 heteroatoms. The van der Waals surface area contributed by atoms with E-state index in [9.17, 15) is 14.4 Å². The number of ketones is 1. The van der Waals surface area contributed by atoms with Gasteiger partial charge in [-0.25, -0.2) is 4.79 Å². The van der Waals surface area contributed by atoms with Gasteiger partial charge in [0.25, 0.3) is 5.56 Å². The molecule has 7 nitrogen and oxygen atoms in total. The molecule has 0 saturated carbocycles. The molecule has 0 amide bonds. The van der Waals surface area contributed by atoms with E-state index in [1.54, 1.807) is 26.3 Å². The molecule has 0 bridgehead atoms. The van der Waals surface area contributed by atoms with E-state index in [-0.39, 0.29) is 23.0 Å². The Morgan fingerprint density at radius 2 is 1.70 bits per heavy atom. The number of carbonyl (C=O) groups excluding carboxylic acids is 1. The molecule has 1 aromatic heterocycles. The Labute approximate surface area is 157 Å². The predicted molar refractivity (Wildman–Crippen MR) is 102 cm³/mol. The van der Waals surface area contributed by atoms with E-state index in [1.807, 2.05) is 12.1 Å². The van der Waals surface area contributed by atoms with Crippen LogP contribution in [0, 0.1) is 5.92 Å². The zero-order chi connectivity index (χ0) is 19.6. The van der Waals surface area contributed by atoms with Crippen molar-refractivity contribution in [1.29, 1.82) is 0 Å². The standard InChI is InChI=1S/C20H25N3O4/c1-21-16(12-18(24)22(2)20(21)26)13-23-10-8-15(9-11-23)19(25)14-4-6-17(27-3)7-5-14/h4-7,12,15H,8-11,13H2,1-3H3. The van der Waals surface area contributed by atoms with Crippen LogP contribution in [-0.4, -0.2) is 40.0 Å². The molecule has 1 saturated heterocycles. The van der Waals surface area contributed by atoms with Crippen molar-refractivity contribution in [2.75, 3.05) is 20.2 Å². The third kappa shape index (κ3) is 4.03. The first-order valence-corrected chi connectivity index (χ1v) is 9.07. The smallest absolute Gasteiger partial charge is 0.330 e. The van der Waals surface area contributed by atoms with Crippen molar-refractivity contribution in [2.24, 2.45) is 20.0 Å². The third-order valence-corrected chi connectivity index (χ3v) is 5.34. The van der Waals surface area contributed by atoms with Gasteiger partial charge in [0.15, 0.2) is 5.78 Å². The van der Waals surface area contributed by atoms with Crippen molar-refractivity contribution in [3.8, 4) is 5.75 Å². The van der Waals surface area contributed by atoms with E-state index in [4.69, 9.17) is 4.74 Å². The van der Waals surface area contributed by atoms with Crippen LogP contribution in [0.15, 0.2) is 39.9 Å². The molecule has 1 aromatic carbocycles. The summed E-state index contributed by atoms with van der Waals surface area (Å²) in [5.74, 6) is 0.904. The summed E-state index contributed by atoms with van der Waals surface area (Å²) >= 11 is 0. The van der Waals surface area contributed by atoms with Gasteiger partial charge in [-0.1, -0.05) is 0 Å². The number of likely N-dealkylation sites (tertiary alicyclic amines) is 1. The average molecular weight is 371 g/mol. The minimum Gasteiger partial charge on any atom is -0.497 e. The lowest BCUT2D eigenvalue weighted by molar-refractivity contribution is 0.0832. The predicted octanol–water partition coefficient (Wildman–Crippen LogP) is 1.19. The van der Waals surface area contributed by atoms with Crippen molar-refractivity contribution in [1.82, 2.24) is 14.0 Å². The first kappa shape index (κ1) is 19.1. The molecule has 1 fully saturated rings. The van der Waals surface area contributed by atoms with E-state index < -0.39 is 0 Å². The number of methoxy groups -OCH3 is 1. The highest BCUT2D eigenvalue weighted by molar-refractivity contribution is 5.98. The van der Waals surface area contributed by atoms with Gasteiger partial charge >= 0.3 is 5.69 Å². The number of Topliss-reactive ketones (excluding diaryl/α,β-unsaturated/α-hetero) is 1. The number of rotatable bonds is 5. The molecule has 1 aliphatic heterocycles. The number of carbonyl (C=O) groups is 1. The summed E-state index contributed by atoms with van der Waals surface area (Å²) in [5.41, 5.74) is 0.797. The molecule has 2 aromatic rings. The van der Waals surface area contributed by atoms with Crippen LogP contribution < -0.4 is 16.0 Å². The molecule has 0 spiro atoms. The first-order chi connectivity index (χ1) is 12.9. The Hall–Kier alpha value is -2.67. The number of piperidine rings is 1. The van der Waals surface area contributed by atoms with E-state index in [0.717, 1.165) is 36.2 Å². The van der Waals surface area contributed by atoms with Gasteiger partial charge in [-0.3, -0.25) is 23.6 Å². The lowest BCUT2D eigenvalue weighted by Crippen LogP contribution is -2.41. The van der Waals surface area contributed by atoms with Crippen molar-refractivity contribution >= 4 is 5.78 Å². The van der Waals surface area contributed by atoms with Crippen molar-refractivity contribution in [2.45, 2.75) is 19.4 Å². The van der Waals surface area contributed by atoms with E-state index in [1.165, 1.54) is 17.7 Å². The topological polar surface area (TPSA) is 73.5 Å². The lowest BCUT2D eigenvalue weighted by Gasteiger charge is -2.31. The zero-order valence-electron chi connectivity index (χ0n) is 16.0. The fraction of sp³-hybridized carbons (Fsp3) is 0.450. The number of benzene rings is 1. The van der Waals surface area contributed by atoms with Crippen LogP contribution in [-0.2, 0) is 20.6 Å². The Morgan fingerprint density at radius 1 is 1.07 bits per heavy atom. The molecule has 0 atom stereocenters. The summed E-state index contributed by atoms with van der Waals surface area (Å²) < 4.78 is 7.74. The van der Waals surface area contributed by atoms with Gasteiger partial charge in [0.05, 0.1) is 7.11 Å². The van der Waals surface area contributed by atoms with Crippen LogP contribution in [0.25, 0.3) is 0 Å². The zero-order valence-corrected chi connectivity index (χ0v) is 16.0. The molecule has 0 N–H and O–H groups in total. The first-order valence-electron chi connectivity index (χ1n) is 9.07. The minimum atomic E-state index is -0.318. The quantitative estimate of drug-likeness (QED) is 0.738. The molecular weight excluding hydrogens is 346 g/mol. The molecule has 144 valence electrons. The second-order valence-corrected chi connectivity index (χ2v) is 7.02. The van der Waals surface area contributed by atoms with Crippen LogP contribution in [0.1, 0.15) is 28.9 Å². The summed E-state index contributed by atoms with van der Waals surface area (Å²) in [6.07, 6.45) is 1.54. The van der Waals surface area contributed by atoms with Crippen LogP contribution in [0.2, 0.25) is 0 Å².